The first-order valence-electron chi connectivity index (χ1n) is 5.39. The molecule has 2 rings (SSSR count). The summed E-state index contributed by atoms with van der Waals surface area (Å²) >= 11 is 0. The lowest BCUT2D eigenvalue weighted by Crippen LogP contribution is -2.33. The van der Waals surface area contributed by atoms with Gasteiger partial charge in [-0.1, -0.05) is 14.4 Å². The van der Waals surface area contributed by atoms with Crippen LogP contribution in [0.5, 0.6) is 11.5 Å². The minimum Gasteiger partial charge on any atom is -0.454 e. The lowest BCUT2D eigenvalue weighted by atomic mass is 10.0. The van der Waals surface area contributed by atoms with Gasteiger partial charge in [0, 0.05) is 5.56 Å². The van der Waals surface area contributed by atoms with E-state index in [0.717, 1.165) is 6.54 Å². The van der Waals surface area contributed by atoms with Crippen LogP contribution >= 0.6 is 0 Å². The van der Waals surface area contributed by atoms with E-state index in [1.165, 1.54) is 0 Å². The van der Waals surface area contributed by atoms with Gasteiger partial charge in [0.25, 0.3) is 0 Å². The fraction of sp³-hybridized carbons (Fsp3) is 0.462. The number of hydrogen-bond acceptors (Lipinski definition) is 4. The first kappa shape index (κ1) is 13.5. The second kappa shape index (κ2) is 5.68. The average Bonchev–Trinajstić information content (AvgIpc) is 2.75. The Balaban J connectivity index is 0.00000144. The number of likely N-dealkylation sites (N-methyl/N-ethyl adjacent to an activating group) is 1. The number of Topliss-reactive ketones (excluding diaryl/α,β-unsaturated/α-hetero) is 1. The highest BCUT2D eigenvalue weighted by atomic mass is 16.7. The van der Waals surface area contributed by atoms with Crippen LogP contribution in [-0.2, 0) is 0 Å². The van der Waals surface area contributed by atoms with E-state index < -0.39 is 0 Å². The van der Waals surface area contributed by atoms with Crippen LogP contribution in [0.25, 0.3) is 0 Å². The summed E-state index contributed by atoms with van der Waals surface area (Å²) in [6, 6.07) is 5.10. The van der Waals surface area contributed by atoms with Gasteiger partial charge in [0.2, 0.25) is 6.79 Å². The van der Waals surface area contributed by atoms with Crippen molar-refractivity contribution < 1.29 is 14.3 Å². The summed E-state index contributed by atoms with van der Waals surface area (Å²) in [5.74, 6) is 1.42. The predicted molar refractivity (Wildman–Crippen MR) is 66.8 cm³/mol. The quantitative estimate of drug-likeness (QED) is 0.816. The molecule has 94 valence electrons. The first-order valence-corrected chi connectivity index (χ1v) is 5.39. The molecule has 1 aromatic carbocycles. The second-order valence-corrected chi connectivity index (χ2v) is 3.71. The van der Waals surface area contributed by atoms with E-state index in [4.69, 9.17) is 9.47 Å². The van der Waals surface area contributed by atoms with Gasteiger partial charge in [0.1, 0.15) is 0 Å². The maximum atomic E-state index is 12.0. The molecular formula is C13H19NO3. The first-order chi connectivity index (χ1) is 7.72. The van der Waals surface area contributed by atoms with Gasteiger partial charge < -0.3 is 14.8 Å². The molecule has 17 heavy (non-hydrogen) atoms. The molecule has 0 radical (unpaired) electrons. The van der Waals surface area contributed by atoms with Gasteiger partial charge in [0.05, 0.1) is 6.04 Å². The molecule has 0 fully saturated rings. The summed E-state index contributed by atoms with van der Waals surface area (Å²) in [5.41, 5.74) is 0.651. The van der Waals surface area contributed by atoms with Crippen molar-refractivity contribution in [3.8, 4) is 11.5 Å². The molecule has 0 aliphatic carbocycles. The highest BCUT2D eigenvalue weighted by Gasteiger charge is 2.19. The van der Waals surface area contributed by atoms with Gasteiger partial charge >= 0.3 is 0 Å². The Morgan fingerprint density at radius 3 is 2.82 bits per heavy atom. The molecule has 1 N–H and O–H groups in total. The van der Waals surface area contributed by atoms with Gasteiger partial charge in [-0.15, -0.1) is 0 Å². The number of nitrogens with one attached hydrogen (secondary N) is 1. The number of benzene rings is 1. The summed E-state index contributed by atoms with van der Waals surface area (Å²) in [6.45, 7) is 4.84. The van der Waals surface area contributed by atoms with Crippen LogP contribution in [0.1, 0.15) is 31.6 Å². The molecule has 0 spiro atoms. The zero-order valence-corrected chi connectivity index (χ0v) is 9.45. The van der Waals surface area contributed by atoms with E-state index in [1.807, 2.05) is 13.8 Å². The molecule has 0 aromatic heterocycles. The van der Waals surface area contributed by atoms with Crippen LogP contribution in [0, 0.1) is 0 Å². The average molecular weight is 237 g/mol. The summed E-state index contributed by atoms with van der Waals surface area (Å²) in [6.07, 6.45) is 0. The Morgan fingerprint density at radius 1 is 1.41 bits per heavy atom. The molecule has 0 bridgehead atoms. The number of fused-ring (bicyclic) bond motifs is 1. The number of carbonyl (C=O) groups excluding carboxylic acids is 1. The van der Waals surface area contributed by atoms with Crippen LogP contribution in [0.2, 0.25) is 0 Å². The maximum Gasteiger partial charge on any atom is 0.231 e. The number of ketones is 1. The Kier molecular flexibility index (Phi) is 4.52. The van der Waals surface area contributed by atoms with Crippen LogP contribution in [0.15, 0.2) is 18.2 Å². The van der Waals surface area contributed by atoms with Gasteiger partial charge in [0.15, 0.2) is 17.3 Å². The summed E-state index contributed by atoms with van der Waals surface area (Å²) < 4.78 is 10.4. The normalized spacial score (nSPS) is 14.0. The Bertz CT molecular complexity index is 404. The molecule has 0 saturated heterocycles. The van der Waals surface area contributed by atoms with Crippen molar-refractivity contribution in [3.05, 3.63) is 23.8 Å². The third-order valence-electron chi connectivity index (χ3n) is 2.56. The summed E-state index contributed by atoms with van der Waals surface area (Å²) in [7, 11) is 0. The Morgan fingerprint density at radius 2 is 2.12 bits per heavy atom. The highest BCUT2D eigenvalue weighted by molar-refractivity contribution is 6.00. The second-order valence-electron chi connectivity index (χ2n) is 3.71. The van der Waals surface area contributed by atoms with Crippen molar-refractivity contribution in [2.45, 2.75) is 27.3 Å². The highest BCUT2D eigenvalue weighted by Crippen LogP contribution is 2.32. The topological polar surface area (TPSA) is 47.6 Å². The van der Waals surface area contributed by atoms with Crippen molar-refractivity contribution >= 4 is 5.78 Å². The zero-order chi connectivity index (χ0) is 11.5. The van der Waals surface area contributed by atoms with Gasteiger partial charge in [-0.3, -0.25) is 4.79 Å². The molecule has 4 heteroatoms. The molecular weight excluding hydrogens is 218 g/mol. The van der Waals surface area contributed by atoms with Crippen molar-refractivity contribution in [3.63, 3.8) is 0 Å². The van der Waals surface area contributed by atoms with Crippen molar-refractivity contribution in [2.24, 2.45) is 0 Å². The van der Waals surface area contributed by atoms with Crippen molar-refractivity contribution in [2.75, 3.05) is 13.3 Å². The Labute approximate surface area is 102 Å². The minimum atomic E-state index is -0.176. The lowest BCUT2D eigenvalue weighted by molar-refractivity contribution is 0.0951. The van der Waals surface area contributed by atoms with Crippen molar-refractivity contribution in [1.82, 2.24) is 5.32 Å². The molecule has 1 unspecified atom stereocenters. The van der Waals surface area contributed by atoms with Crippen LogP contribution in [-0.4, -0.2) is 25.2 Å². The molecule has 1 heterocycles. The number of rotatable bonds is 4. The fourth-order valence-corrected chi connectivity index (χ4v) is 1.70. The van der Waals surface area contributed by atoms with E-state index in [2.05, 4.69) is 5.32 Å². The van der Waals surface area contributed by atoms with E-state index in [1.54, 1.807) is 18.2 Å². The monoisotopic (exact) mass is 237 g/mol. The smallest absolute Gasteiger partial charge is 0.231 e. The fourth-order valence-electron chi connectivity index (χ4n) is 1.70. The van der Waals surface area contributed by atoms with Gasteiger partial charge in [-0.25, -0.2) is 0 Å². The van der Waals surface area contributed by atoms with Crippen LogP contribution in [0.4, 0.5) is 0 Å². The summed E-state index contributed by atoms with van der Waals surface area (Å²) in [4.78, 5) is 12.0. The van der Waals surface area contributed by atoms with Gasteiger partial charge in [-0.05, 0) is 31.7 Å². The van der Waals surface area contributed by atoms with E-state index in [9.17, 15) is 4.79 Å². The molecule has 1 atom stereocenters. The zero-order valence-electron chi connectivity index (χ0n) is 9.45. The lowest BCUT2D eigenvalue weighted by Gasteiger charge is -2.11. The van der Waals surface area contributed by atoms with E-state index in [-0.39, 0.29) is 26.0 Å². The maximum absolute atomic E-state index is 12.0. The van der Waals surface area contributed by atoms with E-state index >= 15 is 0 Å². The Hall–Kier alpha value is -1.55. The molecule has 0 saturated carbocycles. The van der Waals surface area contributed by atoms with Gasteiger partial charge in [-0.2, -0.15) is 0 Å². The molecule has 4 nitrogen and oxygen atoms in total. The SMILES string of the molecule is C.CCNC(C)C(=O)c1ccc2c(c1)OCO2. The van der Waals surface area contributed by atoms with Crippen LogP contribution < -0.4 is 14.8 Å². The third kappa shape index (κ3) is 2.77. The number of hydrogen-bond donors (Lipinski definition) is 1. The number of ether oxygens (including phenoxy) is 2. The number of carbonyl (C=O) groups is 1. The minimum absolute atomic E-state index is 0. The van der Waals surface area contributed by atoms with Crippen LogP contribution in [0.3, 0.4) is 0 Å². The molecule has 1 aliphatic heterocycles. The third-order valence-corrected chi connectivity index (χ3v) is 2.56. The largest absolute Gasteiger partial charge is 0.454 e. The molecule has 0 amide bonds. The predicted octanol–water partition coefficient (Wildman–Crippen LogP) is 2.23. The standard InChI is InChI=1S/C12H15NO3.CH4/c1-3-13-8(2)12(14)9-4-5-10-11(6-9)16-7-15-10;/h4-6,8,13H,3,7H2,1-2H3;1H4. The summed E-state index contributed by atoms with van der Waals surface area (Å²) in [5, 5.41) is 3.09. The molecule has 1 aliphatic rings. The molecule has 1 aromatic rings. The van der Waals surface area contributed by atoms with E-state index in [0.29, 0.717) is 17.1 Å². The van der Waals surface area contributed by atoms with Crippen molar-refractivity contribution in [1.29, 1.82) is 0 Å².